The van der Waals surface area contributed by atoms with Gasteiger partial charge >= 0.3 is 5.97 Å². The average Bonchev–Trinajstić information content (AvgIpc) is 2.34. The minimum Gasteiger partial charge on any atom is -0.481 e. The van der Waals surface area contributed by atoms with Crippen LogP contribution in [0.1, 0.15) is 52.9 Å². The number of hydrogen-bond donors (Lipinski definition) is 2. The molecule has 1 amide bonds. The first-order valence-corrected chi connectivity index (χ1v) is 7.40. The van der Waals surface area contributed by atoms with Crippen LogP contribution in [-0.2, 0) is 9.59 Å². The molecule has 0 spiro atoms. The van der Waals surface area contributed by atoms with E-state index in [2.05, 4.69) is 12.2 Å². The lowest BCUT2D eigenvalue weighted by atomic mass is 9.82. The Labute approximate surface area is 116 Å². The number of nitrogens with one attached hydrogen (secondary N) is 1. The van der Waals surface area contributed by atoms with Gasteiger partial charge in [-0.3, -0.25) is 9.59 Å². The molecule has 0 aliphatic heterocycles. The molecule has 4 nitrogen and oxygen atoms in total. The Hall–Kier alpha value is -1.06. The second-order valence-electron chi connectivity index (χ2n) is 6.37. The van der Waals surface area contributed by atoms with Crippen molar-refractivity contribution in [3.63, 3.8) is 0 Å². The van der Waals surface area contributed by atoms with Gasteiger partial charge in [0.2, 0.25) is 5.91 Å². The van der Waals surface area contributed by atoms with Crippen LogP contribution in [0.25, 0.3) is 0 Å². The molecule has 2 N–H and O–H groups in total. The van der Waals surface area contributed by atoms with Crippen LogP contribution >= 0.6 is 0 Å². The lowest BCUT2D eigenvalue weighted by Gasteiger charge is -2.26. The Balaban J connectivity index is 2.37. The lowest BCUT2D eigenvalue weighted by Crippen LogP contribution is -2.38. The summed E-state index contributed by atoms with van der Waals surface area (Å²) in [6.45, 7) is 6.48. The van der Waals surface area contributed by atoms with E-state index in [1.165, 1.54) is 0 Å². The first-order valence-electron chi connectivity index (χ1n) is 7.40. The first-order chi connectivity index (χ1) is 8.90. The summed E-state index contributed by atoms with van der Waals surface area (Å²) in [6.07, 6.45) is 4.69. The van der Waals surface area contributed by atoms with E-state index in [-0.39, 0.29) is 18.4 Å². The highest BCUT2D eigenvalue weighted by Gasteiger charge is 2.26. The number of aliphatic carboxylic acids is 1. The number of carboxylic acids is 1. The Kier molecular flexibility index (Phi) is 6.32. The summed E-state index contributed by atoms with van der Waals surface area (Å²) in [5.74, 6) is -0.102. The number of carbonyl (C=O) groups excluding carboxylic acids is 1. The molecule has 19 heavy (non-hydrogen) atoms. The van der Waals surface area contributed by atoms with Crippen molar-refractivity contribution in [2.45, 2.75) is 52.9 Å². The molecule has 0 saturated heterocycles. The maximum atomic E-state index is 12.0. The molecule has 1 aliphatic carbocycles. The van der Waals surface area contributed by atoms with Gasteiger partial charge in [-0.1, -0.05) is 20.8 Å². The summed E-state index contributed by atoms with van der Waals surface area (Å²) < 4.78 is 0. The molecular weight excluding hydrogens is 242 g/mol. The smallest absolute Gasteiger partial charge is 0.308 e. The predicted octanol–water partition coefficient (Wildman–Crippen LogP) is 2.68. The third kappa shape index (κ3) is 5.62. The molecule has 1 fully saturated rings. The quantitative estimate of drug-likeness (QED) is 0.779. The normalized spacial score (nSPS) is 25.1. The number of rotatable bonds is 6. The standard InChI is InChI=1S/C15H27NO3/c1-10(2)8-13(15(18)19)9-16-14(17)12-6-4-11(3)5-7-12/h10-13H,4-9H2,1-3H3,(H,16,17)(H,18,19). The largest absolute Gasteiger partial charge is 0.481 e. The van der Waals surface area contributed by atoms with Crippen LogP contribution in [0.4, 0.5) is 0 Å². The van der Waals surface area contributed by atoms with Gasteiger partial charge in [-0.2, -0.15) is 0 Å². The molecule has 4 heteroatoms. The zero-order valence-corrected chi connectivity index (χ0v) is 12.3. The monoisotopic (exact) mass is 269 g/mol. The molecule has 0 heterocycles. The van der Waals surface area contributed by atoms with Gasteiger partial charge in [-0.25, -0.2) is 0 Å². The van der Waals surface area contributed by atoms with Crippen LogP contribution in [0.3, 0.4) is 0 Å². The topological polar surface area (TPSA) is 66.4 Å². The van der Waals surface area contributed by atoms with Crippen molar-refractivity contribution in [1.82, 2.24) is 5.32 Å². The van der Waals surface area contributed by atoms with Gasteiger partial charge < -0.3 is 10.4 Å². The van der Waals surface area contributed by atoms with E-state index < -0.39 is 11.9 Å². The molecule has 1 aliphatic rings. The molecule has 0 radical (unpaired) electrons. The van der Waals surface area contributed by atoms with Crippen molar-refractivity contribution in [2.24, 2.45) is 23.7 Å². The van der Waals surface area contributed by atoms with Crippen molar-refractivity contribution >= 4 is 11.9 Å². The second-order valence-corrected chi connectivity index (χ2v) is 6.37. The van der Waals surface area contributed by atoms with Crippen molar-refractivity contribution in [1.29, 1.82) is 0 Å². The second kappa shape index (κ2) is 7.51. The summed E-state index contributed by atoms with van der Waals surface area (Å²) in [6, 6.07) is 0. The number of carbonyl (C=O) groups is 2. The van der Waals surface area contributed by atoms with E-state index >= 15 is 0 Å². The van der Waals surface area contributed by atoms with E-state index in [1.807, 2.05) is 13.8 Å². The van der Waals surface area contributed by atoms with Gasteiger partial charge in [-0.15, -0.1) is 0 Å². The minimum absolute atomic E-state index is 0.0434. The summed E-state index contributed by atoms with van der Waals surface area (Å²) in [5, 5.41) is 12.0. The number of amides is 1. The summed E-state index contributed by atoms with van der Waals surface area (Å²) in [5.41, 5.74) is 0. The number of carboxylic acid groups (broad SMARTS) is 1. The lowest BCUT2D eigenvalue weighted by molar-refractivity contribution is -0.142. The fraction of sp³-hybridized carbons (Fsp3) is 0.867. The number of hydrogen-bond acceptors (Lipinski definition) is 2. The van der Waals surface area contributed by atoms with Gasteiger partial charge in [0, 0.05) is 12.5 Å². The van der Waals surface area contributed by atoms with Crippen molar-refractivity contribution < 1.29 is 14.7 Å². The summed E-state index contributed by atoms with van der Waals surface area (Å²) >= 11 is 0. The Morgan fingerprint density at radius 3 is 2.26 bits per heavy atom. The van der Waals surface area contributed by atoms with Crippen molar-refractivity contribution in [3.8, 4) is 0 Å². The molecule has 1 atom stereocenters. The molecular formula is C15H27NO3. The van der Waals surface area contributed by atoms with Crippen LogP contribution in [-0.4, -0.2) is 23.5 Å². The maximum Gasteiger partial charge on any atom is 0.308 e. The first kappa shape index (κ1) is 16.0. The third-order valence-corrected chi connectivity index (χ3v) is 4.01. The molecule has 0 aromatic carbocycles. The fourth-order valence-electron chi connectivity index (χ4n) is 2.73. The van der Waals surface area contributed by atoms with E-state index in [0.29, 0.717) is 12.3 Å². The minimum atomic E-state index is -0.814. The van der Waals surface area contributed by atoms with Crippen LogP contribution in [0.5, 0.6) is 0 Å². The Bertz CT molecular complexity index is 307. The molecule has 1 unspecified atom stereocenters. The molecule has 0 bridgehead atoms. The maximum absolute atomic E-state index is 12.0. The van der Waals surface area contributed by atoms with Gasteiger partial charge in [0.05, 0.1) is 5.92 Å². The highest BCUT2D eigenvalue weighted by Crippen LogP contribution is 2.28. The molecule has 1 rings (SSSR count). The highest BCUT2D eigenvalue weighted by molar-refractivity contribution is 5.79. The molecule has 1 saturated carbocycles. The summed E-state index contributed by atoms with van der Waals surface area (Å²) in [4.78, 5) is 23.1. The van der Waals surface area contributed by atoms with Crippen LogP contribution in [0, 0.1) is 23.7 Å². The third-order valence-electron chi connectivity index (χ3n) is 4.01. The summed E-state index contributed by atoms with van der Waals surface area (Å²) in [7, 11) is 0. The molecule has 110 valence electrons. The van der Waals surface area contributed by atoms with Crippen molar-refractivity contribution in [2.75, 3.05) is 6.54 Å². The Morgan fingerprint density at radius 1 is 1.21 bits per heavy atom. The van der Waals surface area contributed by atoms with E-state index in [0.717, 1.165) is 31.6 Å². The van der Waals surface area contributed by atoms with Crippen LogP contribution in [0.15, 0.2) is 0 Å². The van der Waals surface area contributed by atoms with Crippen LogP contribution < -0.4 is 5.32 Å². The SMILES string of the molecule is CC(C)CC(CNC(=O)C1CCC(C)CC1)C(=O)O. The van der Waals surface area contributed by atoms with E-state index in [9.17, 15) is 9.59 Å². The zero-order valence-electron chi connectivity index (χ0n) is 12.3. The molecule has 0 aromatic rings. The van der Waals surface area contributed by atoms with Gasteiger partial charge in [0.15, 0.2) is 0 Å². The average molecular weight is 269 g/mol. The predicted molar refractivity (Wildman–Crippen MR) is 74.7 cm³/mol. The molecule has 0 aromatic heterocycles. The zero-order chi connectivity index (χ0) is 14.4. The van der Waals surface area contributed by atoms with E-state index in [1.54, 1.807) is 0 Å². The Morgan fingerprint density at radius 2 is 1.79 bits per heavy atom. The van der Waals surface area contributed by atoms with Crippen LogP contribution in [0.2, 0.25) is 0 Å². The van der Waals surface area contributed by atoms with Gasteiger partial charge in [-0.05, 0) is 43.9 Å². The van der Waals surface area contributed by atoms with Gasteiger partial charge in [0.25, 0.3) is 0 Å². The fourth-order valence-corrected chi connectivity index (χ4v) is 2.73. The van der Waals surface area contributed by atoms with Crippen molar-refractivity contribution in [3.05, 3.63) is 0 Å². The van der Waals surface area contributed by atoms with Gasteiger partial charge in [0.1, 0.15) is 0 Å². The highest BCUT2D eigenvalue weighted by atomic mass is 16.4. The van der Waals surface area contributed by atoms with E-state index in [4.69, 9.17) is 5.11 Å².